The molecule has 0 amide bonds. The van der Waals surface area contributed by atoms with Gasteiger partial charge in [-0.05, 0) is 44.0 Å². The topological polar surface area (TPSA) is 66.8 Å². The summed E-state index contributed by atoms with van der Waals surface area (Å²) in [6.45, 7) is 3.95. The minimum atomic E-state index is -1.02. The van der Waals surface area contributed by atoms with Gasteiger partial charge in [-0.2, -0.15) is 0 Å². The molecule has 0 radical (unpaired) electrons. The molecule has 1 rings (SSSR count). The van der Waals surface area contributed by atoms with E-state index in [1.165, 1.54) is 13.2 Å². The summed E-state index contributed by atoms with van der Waals surface area (Å²) in [6.07, 6.45) is 5.07. The maximum Gasteiger partial charge on any atom is 0.328 e. The largest absolute Gasteiger partial charge is 0.504 e. The van der Waals surface area contributed by atoms with E-state index in [9.17, 15) is 9.90 Å². The van der Waals surface area contributed by atoms with Crippen LogP contribution in [0.15, 0.2) is 29.9 Å². The summed E-state index contributed by atoms with van der Waals surface area (Å²) in [6, 6.07) is 3.34. The monoisotopic (exact) mass is 262 g/mol. The molecule has 0 fully saturated rings. The highest BCUT2D eigenvalue weighted by Crippen LogP contribution is 2.32. The average molecular weight is 262 g/mol. The fraction of sp³-hybridized carbons (Fsp3) is 0.267. The van der Waals surface area contributed by atoms with Crippen molar-refractivity contribution in [2.24, 2.45) is 0 Å². The number of phenols is 1. The summed E-state index contributed by atoms with van der Waals surface area (Å²) >= 11 is 0. The number of hydrogen-bond donors (Lipinski definition) is 2. The van der Waals surface area contributed by atoms with Gasteiger partial charge in [-0.15, -0.1) is 0 Å². The Morgan fingerprint density at radius 1 is 1.37 bits per heavy atom. The van der Waals surface area contributed by atoms with Crippen LogP contribution in [-0.4, -0.2) is 23.3 Å². The Bertz CT molecular complexity index is 523. The second-order valence-electron chi connectivity index (χ2n) is 4.39. The third-order valence-corrected chi connectivity index (χ3v) is 2.54. The lowest BCUT2D eigenvalue weighted by Gasteiger charge is -2.09. The standard InChI is InChI=1S/C15H18O4/c1-10(2)4-6-12-8-11(5-7-14(16)17)9-13(19-3)15(12)18/h4-5,7-9,18H,6H2,1-3H3,(H,16,17). The third kappa shape index (κ3) is 4.50. The summed E-state index contributed by atoms with van der Waals surface area (Å²) in [5.74, 6) is -0.588. The molecule has 0 aliphatic carbocycles. The number of aromatic hydroxyl groups is 1. The van der Waals surface area contributed by atoms with Crippen LogP contribution >= 0.6 is 0 Å². The van der Waals surface area contributed by atoms with Crippen LogP contribution in [0, 0.1) is 0 Å². The average Bonchev–Trinajstić information content (AvgIpc) is 2.35. The first-order chi connectivity index (χ1) is 8.93. The molecular weight excluding hydrogens is 244 g/mol. The Hall–Kier alpha value is -2.23. The highest BCUT2D eigenvalue weighted by molar-refractivity contribution is 5.85. The van der Waals surface area contributed by atoms with Crippen LogP contribution in [-0.2, 0) is 11.2 Å². The van der Waals surface area contributed by atoms with Crippen LogP contribution in [0.3, 0.4) is 0 Å². The minimum Gasteiger partial charge on any atom is -0.504 e. The molecule has 0 heterocycles. The van der Waals surface area contributed by atoms with Crippen molar-refractivity contribution in [3.05, 3.63) is 41.0 Å². The number of ether oxygens (including phenoxy) is 1. The first-order valence-electron chi connectivity index (χ1n) is 5.88. The fourth-order valence-corrected chi connectivity index (χ4v) is 1.58. The number of hydrogen-bond acceptors (Lipinski definition) is 3. The zero-order valence-corrected chi connectivity index (χ0v) is 11.3. The van der Waals surface area contributed by atoms with E-state index in [-0.39, 0.29) is 5.75 Å². The van der Waals surface area contributed by atoms with Crippen LogP contribution in [0.5, 0.6) is 11.5 Å². The first-order valence-corrected chi connectivity index (χ1v) is 5.88. The van der Waals surface area contributed by atoms with Gasteiger partial charge < -0.3 is 14.9 Å². The van der Waals surface area contributed by atoms with Crippen LogP contribution < -0.4 is 4.74 Å². The van der Waals surface area contributed by atoms with Gasteiger partial charge in [-0.3, -0.25) is 0 Å². The number of carboxylic acid groups (broad SMARTS) is 1. The van der Waals surface area contributed by atoms with E-state index in [2.05, 4.69) is 0 Å². The summed E-state index contributed by atoms with van der Waals surface area (Å²) in [5.41, 5.74) is 2.52. The summed E-state index contributed by atoms with van der Waals surface area (Å²) in [4.78, 5) is 10.5. The summed E-state index contributed by atoms with van der Waals surface area (Å²) < 4.78 is 5.09. The normalized spacial score (nSPS) is 10.5. The third-order valence-electron chi connectivity index (χ3n) is 2.54. The highest BCUT2D eigenvalue weighted by atomic mass is 16.5. The Labute approximate surface area is 112 Å². The smallest absolute Gasteiger partial charge is 0.328 e. The number of allylic oxidation sites excluding steroid dienone is 2. The summed E-state index contributed by atoms with van der Waals surface area (Å²) in [5, 5.41) is 18.6. The van der Waals surface area contributed by atoms with Gasteiger partial charge in [0, 0.05) is 11.6 Å². The SMILES string of the molecule is COc1cc(C=CC(=O)O)cc(CC=C(C)C)c1O. The van der Waals surface area contributed by atoms with Gasteiger partial charge in [0.1, 0.15) is 0 Å². The van der Waals surface area contributed by atoms with Crippen LogP contribution in [0.2, 0.25) is 0 Å². The lowest BCUT2D eigenvalue weighted by Crippen LogP contribution is -1.92. The van der Waals surface area contributed by atoms with Gasteiger partial charge in [0.05, 0.1) is 7.11 Å². The van der Waals surface area contributed by atoms with Gasteiger partial charge >= 0.3 is 5.97 Å². The molecule has 1 aromatic carbocycles. The molecule has 0 atom stereocenters. The van der Waals surface area contributed by atoms with Gasteiger partial charge in [0.25, 0.3) is 0 Å². The zero-order valence-electron chi connectivity index (χ0n) is 11.3. The maximum absolute atomic E-state index is 10.5. The van der Waals surface area contributed by atoms with E-state index in [4.69, 9.17) is 9.84 Å². The number of carbonyl (C=O) groups is 1. The van der Waals surface area contributed by atoms with Gasteiger partial charge in [-0.1, -0.05) is 11.6 Å². The van der Waals surface area contributed by atoms with Crippen molar-refractivity contribution in [2.45, 2.75) is 20.3 Å². The van der Waals surface area contributed by atoms with Crippen molar-refractivity contribution in [1.82, 2.24) is 0 Å². The Kier molecular flexibility index (Phi) is 5.18. The van der Waals surface area contributed by atoms with Crippen molar-refractivity contribution in [3.63, 3.8) is 0 Å². The molecule has 0 saturated carbocycles. The second-order valence-corrected chi connectivity index (χ2v) is 4.39. The van der Waals surface area contributed by atoms with Crippen molar-refractivity contribution >= 4 is 12.0 Å². The predicted octanol–water partition coefficient (Wildman–Crippen LogP) is 3.01. The van der Waals surface area contributed by atoms with E-state index in [0.717, 1.165) is 11.6 Å². The Balaban J connectivity index is 3.18. The molecule has 0 aromatic heterocycles. The molecule has 2 N–H and O–H groups in total. The van der Waals surface area contributed by atoms with Crippen molar-refractivity contribution in [1.29, 1.82) is 0 Å². The number of methoxy groups -OCH3 is 1. The lowest BCUT2D eigenvalue weighted by molar-refractivity contribution is -0.131. The van der Waals surface area contributed by atoms with Crippen molar-refractivity contribution in [3.8, 4) is 11.5 Å². The number of phenolic OH excluding ortho intramolecular Hbond substituents is 1. The lowest BCUT2D eigenvalue weighted by atomic mass is 10.0. The van der Waals surface area contributed by atoms with E-state index in [1.54, 1.807) is 12.1 Å². The molecule has 4 nitrogen and oxygen atoms in total. The van der Waals surface area contributed by atoms with Crippen molar-refractivity contribution in [2.75, 3.05) is 7.11 Å². The molecule has 0 aliphatic heterocycles. The van der Waals surface area contributed by atoms with Crippen LogP contribution in [0.25, 0.3) is 6.08 Å². The molecule has 0 unspecified atom stereocenters. The van der Waals surface area contributed by atoms with E-state index in [0.29, 0.717) is 23.3 Å². The molecule has 4 heteroatoms. The molecule has 102 valence electrons. The zero-order chi connectivity index (χ0) is 14.4. The van der Waals surface area contributed by atoms with Gasteiger partial charge in [0.2, 0.25) is 0 Å². The quantitative estimate of drug-likeness (QED) is 0.632. The number of benzene rings is 1. The van der Waals surface area contributed by atoms with E-state index >= 15 is 0 Å². The summed E-state index contributed by atoms with van der Waals surface area (Å²) in [7, 11) is 1.46. The highest BCUT2D eigenvalue weighted by Gasteiger charge is 2.09. The Morgan fingerprint density at radius 3 is 2.58 bits per heavy atom. The molecule has 19 heavy (non-hydrogen) atoms. The van der Waals surface area contributed by atoms with Crippen molar-refractivity contribution < 1.29 is 19.7 Å². The molecule has 0 spiro atoms. The van der Waals surface area contributed by atoms with E-state index in [1.807, 2.05) is 19.9 Å². The molecule has 0 aliphatic rings. The predicted molar refractivity (Wildman–Crippen MR) is 74.5 cm³/mol. The second kappa shape index (κ2) is 6.64. The molecular formula is C15H18O4. The minimum absolute atomic E-state index is 0.0903. The first kappa shape index (κ1) is 14.8. The van der Waals surface area contributed by atoms with Crippen LogP contribution in [0.4, 0.5) is 0 Å². The molecule has 1 aromatic rings. The number of carboxylic acids is 1. The number of aliphatic carboxylic acids is 1. The van der Waals surface area contributed by atoms with Crippen LogP contribution in [0.1, 0.15) is 25.0 Å². The van der Waals surface area contributed by atoms with Gasteiger partial charge in [0.15, 0.2) is 11.5 Å². The fourth-order valence-electron chi connectivity index (χ4n) is 1.58. The molecule has 0 saturated heterocycles. The Morgan fingerprint density at radius 2 is 2.05 bits per heavy atom. The van der Waals surface area contributed by atoms with E-state index < -0.39 is 5.97 Å². The maximum atomic E-state index is 10.5. The van der Waals surface area contributed by atoms with Gasteiger partial charge in [-0.25, -0.2) is 4.79 Å². The molecule has 0 bridgehead atoms. The number of rotatable bonds is 5.